The Balaban J connectivity index is 1.75. The average molecular weight is 273 g/mol. The summed E-state index contributed by atoms with van der Waals surface area (Å²) in [5.74, 6) is 1.31. The highest BCUT2D eigenvalue weighted by Crippen LogP contribution is 2.08. The molecule has 0 saturated carbocycles. The van der Waals surface area contributed by atoms with E-state index in [-0.39, 0.29) is 5.69 Å². The average Bonchev–Trinajstić information content (AvgIpc) is 2.97. The first-order valence-corrected chi connectivity index (χ1v) is 6.30. The molecule has 0 aliphatic rings. The minimum absolute atomic E-state index is 0.272. The van der Waals surface area contributed by atoms with Crippen LogP contribution in [0.4, 0.5) is 5.82 Å². The summed E-state index contributed by atoms with van der Waals surface area (Å²) in [6, 6.07) is 3.73. The molecule has 3 rings (SSSR count). The lowest BCUT2D eigenvalue weighted by Gasteiger charge is -2.07. The predicted octanol–water partition coefficient (Wildman–Crippen LogP) is 0.114. The first-order chi connectivity index (χ1) is 9.65. The van der Waals surface area contributed by atoms with Crippen LogP contribution >= 0.6 is 0 Å². The Morgan fingerprint density at radius 2 is 2.30 bits per heavy atom. The number of fused-ring (bicyclic) bond motifs is 1. The highest BCUT2D eigenvalue weighted by molar-refractivity contribution is 5.49. The van der Waals surface area contributed by atoms with Crippen LogP contribution in [0.15, 0.2) is 23.1 Å². The first-order valence-electron chi connectivity index (χ1n) is 6.30. The molecule has 0 aliphatic carbocycles. The van der Waals surface area contributed by atoms with Crippen LogP contribution in [0, 0.1) is 6.92 Å². The van der Waals surface area contributed by atoms with Gasteiger partial charge in [0, 0.05) is 38.0 Å². The molecule has 0 fully saturated rings. The number of hydrogen-bond donors (Lipinski definition) is 2. The van der Waals surface area contributed by atoms with Crippen molar-refractivity contribution in [2.45, 2.75) is 13.3 Å². The number of aryl methyl sites for hydroxylation is 2. The van der Waals surface area contributed by atoms with E-state index in [4.69, 9.17) is 0 Å². The number of rotatable bonds is 4. The predicted molar refractivity (Wildman–Crippen MR) is 73.7 cm³/mol. The molecule has 3 aromatic heterocycles. The van der Waals surface area contributed by atoms with Crippen LogP contribution < -0.4 is 11.0 Å². The van der Waals surface area contributed by atoms with Crippen molar-refractivity contribution >= 4 is 11.5 Å². The maximum Gasteiger partial charge on any atom is 0.349 e. The molecule has 0 unspecified atom stereocenters. The Labute approximate surface area is 114 Å². The lowest BCUT2D eigenvalue weighted by Crippen LogP contribution is -2.15. The number of hydrogen-bond acceptors (Lipinski definition) is 5. The quantitative estimate of drug-likeness (QED) is 0.704. The van der Waals surface area contributed by atoms with Crippen molar-refractivity contribution in [3.63, 3.8) is 0 Å². The molecule has 20 heavy (non-hydrogen) atoms. The maximum absolute atomic E-state index is 11.5. The summed E-state index contributed by atoms with van der Waals surface area (Å²) in [4.78, 5) is 15.8. The van der Waals surface area contributed by atoms with Crippen LogP contribution in [0.3, 0.4) is 0 Å². The molecule has 8 nitrogen and oxygen atoms in total. The van der Waals surface area contributed by atoms with Crippen LogP contribution in [0.25, 0.3) is 5.65 Å². The summed E-state index contributed by atoms with van der Waals surface area (Å²) in [5, 5.41) is 13.7. The molecule has 0 atom stereocenters. The van der Waals surface area contributed by atoms with Gasteiger partial charge in [-0.15, -0.1) is 0 Å². The van der Waals surface area contributed by atoms with Gasteiger partial charge in [-0.05, 0) is 13.0 Å². The second-order valence-corrected chi connectivity index (χ2v) is 4.53. The summed E-state index contributed by atoms with van der Waals surface area (Å²) in [7, 11) is 1.92. The Kier molecular flexibility index (Phi) is 2.97. The monoisotopic (exact) mass is 273 g/mol. The molecule has 0 saturated heterocycles. The number of anilines is 1. The summed E-state index contributed by atoms with van der Waals surface area (Å²) in [6.07, 6.45) is 2.62. The normalized spacial score (nSPS) is 11.1. The van der Waals surface area contributed by atoms with E-state index in [9.17, 15) is 4.79 Å². The number of nitrogens with one attached hydrogen (secondary N) is 2. The van der Waals surface area contributed by atoms with Crippen LogP contribution in [-0.4, -0.2) is 35.9 Å². The molecule has 8 heteroatoms. The highest BCUT2D eigenvalue weighted by Gasteiger charge is 2.06. The molecule has 0 spiro atoms. The number of H-pyrrole nitrogens is 1. The number of aromatic nitrogens is 6. The standard InChI is InChI=1S/C12H15N7O/c1-8-15-10(7-11-16-17-12(20)19(8)11)13-5-3-9-4-6-14-18(9)2/h4,6-7,13H,3,5H2,1-2H3,(H,17,20). The lowest BCUT2D eigenvalue weighted by molar-refractivity contribution is 0.711. The van der Waals surface area contributed by atoms with E-state index in [0.29, 0.717) is 17.3 Å². The van der Waals surface area contributed by atoms with Crippen molar-refractivity contribution in [1.29, 1.82) is 0 Å². The minimum atomic E-state index is -0.272. The fourth-order valence-electron chi connectivity index (χ4n) is 2.15. The number of nitrogens with zero attached hydrogens (tertiary/aromatic N) is 5. The van der Waals surface area contributed by atoms with Gasteiger partial charge in [0.05, 0.1) is 0 Å². The van der Waals surface area contributed by atoms with Crippen molar-refractivity contribution in [1.82, 2.24) is 29.4 Å². The van der Waals surface area contributed by atoms with Gasteiger partial charge in [0.25, 0.3) is 0 Å². The van der Waals surface area contributed by atoms with Gasteiger partial charge in [-0.2, -0.15) is 10.2 Å². The first kappa shape index (κ1) is 12.4. The second-order valence-electron chi connectivity index (χ2n) is 4.53. The fourth-order valence-corrected chi connectivity index (χ4v) is 2.15. The highest BCUT2D eigenvalue weighted by atomic mass is 16.1. The smallest absolute Gasteiger partial charge is 0.349 e. The lowest BCUT2D eigenvalue weighted by atomic mass is 10.3. The number of aromatic amines is 1. The van der Waals surface area contributed by atoms with E-state index in [1.54, 1.807) is 19.2 Å². The van der Waals surface area contributed by atoms with Crippen molar-refractivity contribution in [3.05, 3.63) is 40.3 Å². The van der Waals surface area contributed by atoms with E-state index in [1.165, 1.54) is 4.40 Å². The molecule has 0 aliphatic heterocycles. The summed E-state index contributed by atoms with van der Waals surface area (Å²) in [6.45, 7) is 2.51. The van der Waals surface area contributed by atoms with E-state index < -0.39 is 0 Å². The van der Waals surface area contributed by atoms with Gasteiger partial charge in [-0.25, -0.2) is 19.3 Å². The SMILES string of the molecule is Cc1nc(NCCc2ccnn2C)cc2n[nH]c(=O)n12. The molecule has 3 heterocycles. The van der Waals surface area contributed by atoms with Crippen molar-refractivity contribution in [3.8, 4) is 0 Å². The van der Waals surface area contributed by atoms with Crippen LogP contribution in [-0.2, 0) is 13.5 Å². The second kappa shape index (κ2) is 4.80. The van der Waals surface area contributed by atoms with E-state index in [1.807, 2.05) is 17.8 Å². The molecule has 3 aromatic rings. The molecular weight excluding hydrogens is 258 g/mol. The Hall–Kier alpha value is -2.64. The third-order valence-electron chi connectivity index (χ3n) is 3.18. The van der Waals surface area contributed by atoms with Crippen molar-refractivity contribution < 1.29 is 0 Å². The van der Waals surface area contributed by atoms with Gasteiger partial charge in [0.2, 0.25) is 0 Å². The van der Waals surface area contributed by atoms with Crippen LogP contribution in [0.2, 0.25) is 0 Å². The van der Waals surface area contributed by atoms with E-state index in [0.717, 1.165) is 18.7 Å². The third kappa shape index (κ3) is 2.15. The van der Waals surface area contributed by atoms with Crippen molar-refractivity contribution in [2.24, 2.45) is 7.05 Å². The van der Waals surface area contributed by atoms with Gasteiger partial charge in [-0.3, -0.25) is 4.68 Å². The molecule has 0 amide bonds. The van der Waals surface area contributed by atoms with Gasteiger partial charge in [0.1, 0.15) is 11.6 Å². The largest absolute Gasteiger partial charge is 0.370 e. The topological polar surface area (TPSA) is 92.9 Å². The minimum Gasteiger partial charge on any atom is -0.370 e. The Morgan fingerprint density at radius 3 is 3.05 bits per heavy atom. The van der Waals surface area contributed by atoms with E-state index in [2.05, 4.69) is 25.6 Å². The molecule has 0 aromatic carbocycles. The van der Waals surface area contributed by atoms with Crippen LogP contribution in [0.5, 0.6) is 0 Å². The molecule has 104 valence electrons. The zero-order valence-electron chi connectivity index (χ0n) is 11.3. The molecular formula is C12H15N7O. The van der Waals surface area contributed by atoms with Gasteiger partial charge < -0.3 is 5.32 Å². The maximum atomic E-state index is 11.5. The molecule has 0 bridgehead atoms. The molecule has 2 N–H and O–H groups in total. The Morgan fingerprint density at radius 1 is 1.45 bits per heavy atom. The third-order valence-corrected chi connectivity index (χ3v) is 3.18. The van der Waals surface area contributed by atoms with E-state index >= 15 is 0 Å². The zero-order valence-corrected chi connectivity index (χ0v) is 11.3. The molecule has 0 radical (unpaired) electrons. The fraction of sp³-hybridized carbons (Fsp3) is 0.333. The zero-order chi connectivity index (χ0) is 14.1. The summed E-state index contributed by atoms with van der Waals surface area (Å²) >= 11 is 0. The summed E-state index contributed by atoms with van der Waals surface area (Å²) in [5.41, 5.74) is 1.43. The van der Waals surface area contributed by atoms with Crippen molar-refractivity contribution in [2.75, 3.05) is 11.9 Å². The van der Waals surface area contributed by atoms with Crippen LogP contribution in [0.1, 0.15) is 11.5 Å². The van der Waals surface area contributed by atoms with Gasteiger partial charge in [0.15, 0.2) is 5.65 Å². The van der Waals surface area contributed by atoms with Gasteiger partial charge >= 0.3 is 5.69 Å². The van der Waals surface area contributed by atoms with Gasteiger partial charge in [-0.1, -0.05) is 0 Å². The Bertz CT molecular complexity index is 798. The summed E-state index contributed by atoms with van der Waals surface area (Å²) < 4.78 is 3.28.